The van der Waals surface area contributed by atoms with Gasteiger partial charge in [-0.3, -0.25) is 0 Å². The fourth-order valence-corrected chi connectivity index (χ4v) is 11.6. The molecule has 4 nitrogen and oxygen atoms in total. The van der Waals surface area contributed by atoms with Crippen LogP contribution in [0.4, 0.5) is 0 Å². The van der Waals surface area contributed by atoms with E-state index in [0.29, 0.717) is 0 Å². The Kier molecular flexibility index (Phi) is 25.9. The van der Waals surface area contributed by atoms with Gasteiger partial charge in [-0.25, -0.2) is 0 Å². The van der Waals surface area contributed by atoms with Crippen LogP contribution in [-0.4, -0.2) is 26.4 Å². The van der Waals surface area contributed by atoms with Gasteiger partial charge in [0.15, 0.2) is 0 Å². The Morgan fingerprint density at radius 3 is 0.756 bits per heavy atom. The maximum Gasteiger partial charge on any atom is 0.130 e. The summed E-state index contributed by atoms with van der Waals surface area (Å²) in [7, 11) is 0. The Balaban J connectivity index is 1.23. The molecule has 0 bridgehead atoms. The Hall–Kier alpha value is -6.78. The summed E-state index contributed by atoms with van der Waals surface area (Å²) in [5, 5.41) is 4.78. The highest BCUT2D eigenvalue weighted by atomic mass is 16.5. The molecule has 0 saturated carbocycles. The molecule has 82 heavy (non-hydrogen) atoms. The molecular formula is C78H96O4+2. The predicted octanol–water partition coefficient (Wildman–Crippen LogP) is 22.7. The first-order valence-electron chi connectivity index (χ1n) is 32.3. The van der Waals surface area contributed by atoms with Gasteiger partial charge in [0.2, 0.25) is 0 Å². The maximum absolute atomic E-state index is 6.43. The molecule has 4 heteroatoms. The van der Waals surface area contributed by atoms with Crippen molar-refractivity contribution in [3.8, 4) is 34.1 Å². The fourth-order valence-electron chi connectivity index (χ4n) is 11.6. The van der Waals surface area contributed by atoms with Gasteiger partial charge in [0, 0.05) is 59.3 Å². The number of rotatable bonds is 39. The summed E-state index contributed by atoms with van der Waals surface area (Å²) < 4.78 is 25.7. The highest BCUT2D eigenvalue weighted by Crippen LogP contribution is 2.48. The van der Waals surface area contributed by atoms with Crippen LogP contribution in [0.2, 0.25) is 0 Å². The largest absolute Gasteiger partial charge is 0.493 e. The molecule has 0 unspecified atom stereocenters. The summed E-state index contributed by atoms with van der Waals surface area (Å²) in [6.07, 6.45) is 29.6. The number of ether oxygens (including phenoxy) is 4. The first-order valence-corrected chi connectivity index (χ1v) is 32.3. The van der Waals surface area contributed by atoms with Gasteiger partial charge in [0.25, 0.3) is 0 Å². The summed E-state index contributed by atoms with van der Waals surface area (Å²) in [4.78, 5) is 0. The van der Waals surface area contributed by atoms with Crippen LogP contribution in [0.5, 0.6) is 23.0 Å². The van der Waals surface area contributed by atoms with Gasteiger partial charge in [-0.2, -0.15) is 0 Å². The summed E-state index contributed by atoms with van der Waals surface area (Å²) in [5.74, 6) is 5.93. The lowest BCUT2D eigenvalue weighted by molar-refractivity contribution is 0.304. The van der Waals surface area contributed by atoms with Crippen molar-refractivity contribution >= 4 is 21.5 Å². The van der Waals surface area contributed by atoms with E-state index in [0.717, 1.165) is 120 Å². The van der Waals surface area contributed by atoms with Crippen LogP contribution in [0.25, 0.3) is 32.7 Å². The first-order chi connectivity index (χ1) is 40.6. The van der Waals surface area contributed by atoms with E-state index in [-0.39, 0.29) is 0 Å². The molecule has 0 aromatic heterocycles. The minimum atomic E-state index is 0.726. The molecule has 0 amide bonds. The van der Waals surface area contributed by atoms with Gasteiger partial charge in [0.1, 0.15) is 23.0 Å². The van der Waals surface area contributed by atoms with Crippen molar-refractivity contribution < 1.29 is 18.9 Å². The van der Waals surface area contributed by atoms with Gasteiger partial charge in [-0.15, -0.1) is 0 Å². The minimum absolute atomic E-state index is 0.726. The molecule has 0 saturated heterocycles. The molecule has 0 fully saturated rings. The third kappa shape index (κ3) is 18.1. The molecule has 8 aromatic carbocycles. The van der Waals surface area contributed by atoms with E-state index in [4.69, 9.17) is 18.9 Å². The molecule has 0 atom stereocenters. The highest BCUT2D eigenvalue weighted by Gasteiger charge is 2.35. The van der Waals surface area contributed by atoms with E-state index in [9.17, 15) is 0 Å². The predicted molar refractivity (Wildman–Crippen MR) is 349 cm³/mol. The van der Waals surface area contributed by atoms with E-state index in [1.807, 2.05) is 0 Å². The van der Waals surface area contributed by atoms with Crippen molar-refractivity contribution in [2.45, 2.75) is 182 Å². The second kappa shape index (κ2) is 34.6. The van der Waals surface area contributed by atoms with Crippen molar-refractivity contribution in [3.63, 3.8) is 0 Å². The Labute approximate surface area is 495 Å². The van der Waals surface area contributed by atoms with Crippen molar-refractivity contribution in [1.82, 2.24) is 0 Å². The SMILES string of the molecule is CCCCCCCCOc1ccc([C+](c2ccc(OCCCCCCCC)cc2)c2ccc3ccccc3c2-c2c([C+](c3ccc(OCCCCCCCC)cc3)c3ccc(OCCCCCCCC)cc3)ccc3ccccc23)cc1. The monoisotopic (exact) mass is 1100 g/mol. The van der Waals surface area contributed by atoms with Gasteiger partial charge in [0.05, 0.1) is 82.8 Å². The molecular weight excluding hydrogens is 1000 g/mol. The van der Waals surface area contributed by atoms with E-state index < -0.39 is 0 Å². The zero-order chi connectivity index (χ0) is 56.8. The lowest BCUT2D eigenvalue weighted by atomic mass is 9.75. The van der Waals surface area contributed by atoms with E-state index in [1.54, 1.807) is 0 Å². The number of hydrogen-bond acceptors (Lipinski definition) is 4. The maximum atomic E-state index is 6.43. The third-order valence-corrected chi connectivity index (χ3v) is 16.3. The normalized spacial score (nSPS) is 11.3. The molecule has 8 rings (SSSR count). The topological polar surface area (TPSA) is 36.9 Å². The summed E-state index contributed by atoms with van der Waals surface area (Å²) in [6, 6.07) is 62.7. The Bertz CT molecular complexity index is 2700. The summed E-state index contributed by atoms with van der Waals surface area (Å²) >= 11 is 0. The smallest absolute Gasteiger partial charge is 0.130 e. The molecule has 0 spiro atoms. The number of hydrogen-bond donors (Lipinski definition) is 0. The molecule has 430 valence electrons. The number of benzene rings is 8. The first kappa shape index (κ1) is 61.3. The van der Waals surface area contributed by atoms with Crippen molar-refractivity contribution in [2.24, 2.45) is 0 Å². The average molecular weight is 1100 g/mol. The van der Waals surface area contributed by atoms with Gasteiger partial charge < -0.3 is 18.9 Å². The van der Waals surface area contributed by atoms with Crippen molar-refractivity contribution in [1.29, 1.82) is 0 Å². The van der Waals surface area contributed by atoms with E-state index in [1.165, 1.54) is 161 Å². The highest BCUT2D eigenvalue weighted by molar-refractivity contribution is 6.10. The second-order valence-electron chi connectivity index (χ2n) is 22.7. The lowest BCUT2D eigenvalue weighted by Gasteiger charge is -2.23. The lowest BCUT2D eigenvalue weighted by Crippen LogP contribution is -2.11. The Morgan fingerprint density at radius 1 is 0.244 bits per heavy atom. The van der Waals surface area contributed by atoms with Crippen LogP contribution < -0.4 is 18.9 Å². The van der Waals surface area contributed by atoms with Gasteiger partial charge in [-0.05, 0) is 121 Å². The zero-order valence-electron chi connectivity index (χ0n) is 50.6. The summed E-state index contributed by atoms with van der Waals surface area (Å²) in [5.41, 5.74) is 9.23. The van der Waals surface area contributed by atoms with Crippen molar-refractivity contribution in [2.75, 3.05) is 26.4 Å². The Morgan fingerprint density at radius 2 is 0.488 bits per heavy atom. The van der Waals surface area contributed by atoms with E-state index >= 15 is 0 Å². The van der Waals surface area contributed by atoms with Crippen LogP contribution in [0.3, 0.4) is 0 Å². The van der Waals surface area contributed by atoms with Crippen LogP contribution in [-0.2, 0) is 0 Å². The van der Waals surface area contributed by atoms with Gasteiger partial charge >= 0.3 is 0 Å². The molecule has 0 radical (unpaired) electrons. The second-order valence-corrected chi connectivity index (χ2v) is 22.7. The molecule has 0 heterocycles. The van der Waals surface area contributed by atoms with E-state index in [2.05, 4.69) is 198 Å². The number of unbranched alkanes of at least 4 members (excludes halogenated alkanes) is 20. The molecule has 0 aliphatic heterocycles. The number of fused-ring (bicyclic) bond motifs is 2. The quantitative estimate of drug-likeness (QED) is 0.0219. The minimum Gasteiger partial charge on any atom is -0.493 e. The molecule has 0 aliphatic rings. The van der Waals surface area contributed by atoms with Crippen LogP contribution >= 0.6 is 0 Å². The zero-order valence-corrected chi connectivity index (χ0v) is 50.6. The molecule has 8 aromatic rings. The third-order valence-electron chi connectivity index (χ3n) is 16.3. The fraction of sp³-hybridized carbons (Fsp3) is 0.410. The standard InChI is InChI=1S/C78H96O4/c1-5-9-13-17-21-29-57-79-67-47-37-63(38-48-67)75(64-39-49-68(50-40-64)80-58-30-22-18-14-10-6-2)73-55-45-61-33-25-27-35-71(61)77(73)78-72-36-28-26-34-62(72)46-56-74(78)76(65-41-51-69(52-42-65)81-59-31-23-19-15-11-7-3)66-43-53-70(54-44-66)82-60-32-24-20-16-12-8-4/h25-28,33-56H,5-24,29-32,57-60H2,1-4H3/q+2. The average Bonchev–Trinajstić information content (AvgIpc) is 2.75. The molecule has 0 aliphatic carbocycles. The van der Waals surface area contributed by atoms with Crippen LogP contribution in [0.1, 0.15) is 215 Å². The summed E-state index contributed by atoms with van der Waals surface area (Å²) in [6.45, 7) is 12.0. The van der Waals surface area contributed by atoms with Gasteiger partial charge in [-0.1, -0.05) is 193 Å². The molecule has 0 N–H and O–H groups in total. The van der Waals surface area contributed by atoms with Crippen LogP contribution in [0.15, 0.2) is 170 Å². The van der Waals surface area contributed by atoms with Crippen molar-refractivity contribution in [3.05, 3.63) is 215 Å². The van der Waals surface area contributed by atoms with Crippen LogP contribution in [0, 0.1) is 11.8 Å².